The van der Waals surface area contributed by atoms with Gasteiger partial charge in [0.1, 0.15) is 0 Å². The SMILES string of the molecule is CCOC(=O)/C(CSCC(O)CO)=N\O. The first-order valence-corrected chi connectivity index (χ1v) is 5.55. The third kappa shape index (κ3) is 6.32. The van der Waals surface area contributed by atoms with Crippen molar-refractivity contribution in [2.75, 3.05) is 24.7 Å². The van der Waals surface area contributed by atoms with Crippen LogP contribution in [0.3, 0.4) is 0 Å². The van der Waals surface area contributed by atoms with Crippen LogP contribution in [0.4, 0.5) is 0 Å². The Kier molecular flexibility index (Phi) is 8.06. The molecule has 0 aliphatic heterocycles. The van der Waals surface area contributed by atoms with E-state index in [1.165, 1.54) is 11.8 Å². The molecular formula is C8H15NO5S. The number of aliphatic hydroxyl groups excluding tert-OH is 2. The minimum Gasteiger partial charge on any atom is -0.461 e. The number of ether oxygens (including phenoxy) is 1. The molecule has 7 heteroatoms. The lowest BCUT2D eigenvalue weighted by atomic mass is 10.4. The van der Waals surface area contributed by atoms with Gasteiger partial charge in [0.25, 0.3) is 0 Å². The summed E-state index contributed by atoms with van der Waals surface area (Å²) in [6, 6.07) is 0. The largest absolute Gasteiger partial charge is 0.461 e. The van der Waals surface area contributed by atoms with Crippen LogP contribution in [0.15, 0.2) is 5.16 Å². The molecule has 3 N–H and O–H groups in total. The average molecular weight is 237 g/mol. The van der Waals surface area contributed by atoms with Gasteiger partial charge >= 0.3 is 5.97 Å². The lowest BCUT2D eigenvalue weighted by Gasteiger charge is -2.06. The van der Waals surface area contributed by atoms with E-state index in [1.54, 1.807) is 6.92 Å². The van der Waals surface area contributed by atoms with E-state index in [1.807, 2.05) is 0 Å². The van der Waals surface area contributed by atoms with E-state index in [0.717, 1.165) is 0 Å². The second-order valence-electron chi connectivity index (χ2n) is 2.62. The second kappa shape index (κ2) is 8.51. The predicted molar refractivity (Wildman–Crippen MR) is 56.3 cm³/mol. The van der Waals surface area contributed by atoms with Crippen molar-refractivity contribution in [2.24, 2.45) is 5.16 Å². The number of aliphatic hydroxyl groups is 2. The zero-order chi connectivity index (χ0) is 11.7. The van der Waals surface area contributed by atoms with Gasteiger partial charge < -0.3 is 20.2 Å². The summed E-state index contributed by atoms with van der Waals surface area (Å²) in [5.41, 5.74) is -0.105. The van der Waals surface area contributed by atoms with Crippen LogP contribution in [0.5, 0.6) is 0 Å². The summed E-state index contributed by atoms with van der Waals surface area (Å²) in [6.45, 7) is 1.52. The number of carbonyl (C=O) groups is 1. The van der Waals surface area contributed by atoms with E-state index in [0.29, 0.717) is 0 Å². The van der Waals surface area contributed by atoms with Crippen LogP contribution < -0.4 is 0 Å². The second-order valence-corrected chi connectivity index (χ2v) is 3.65. The minimum absolute atomic E-state index is 0.105. The van der Waals surface area contributed by atoms with Gasteiger partial charge in [-0.05, 0) is 6.92 Å². The molecule has 6 nitrogen and oxygen atoms in total. The zero-order valence-electron chi connectivity index (χ0n) is 8.42. The van der Waals surface area contributed by atoms with Crippen LogP contribution in [0.25, 0.3) is 0 Å². The molecule has 0 aromatic heterocycles. The third-order valence-electron chi connectivity index (χ3n) is 1.39. The maximum absolute atomic E-state index is 11.1. The van der Waals surface area contributed by atoms with E-state index in [4.69, 9.17) is 15.4 Å². The molecule has 0 bridgehead atoms. The van der Waals surface area contributed by atoms with Crippen LogP contribution >= 0.6 is 11.8 Å². The fraction of sp³-hybridized carbons (Fsp3) is 0.750. The van der Waals surface area contributed by atoms with Gasteiger partial charge in [-0.2, -0.15) is 11.8 Å². The van der Waals surface area contributed by atoms with Gasteiger partial charge in [0.2, 0.25) is 0 Å². The van der Waals surface area contributed by atoms with Gasteiger partial charge in [-0.15, -0.1) is 0 Å². The van der Waals surface area contributed by atoms with Crippen molar-refractivity contribution in [3.05, 3.63) is 0 Å². The summed E-state index contributed by atoms with van der Waals surface area (Å²) in [5, 5.41) is 28.8. The molecule has 0 aromatic rings. The van der Waals surface area contributed by atoms with Crippen LogP contribution in [-0.4, -0.2) is 57.9 Å². The molecule has 0 saturated carbocycles. The van der Waals surface area contributed by atoms with E-state index >= 15 is 0 Å². The highest BCUT2D eigenvalue weighted by atomic mass is 32.2. The molecule has 1 atom stereocenters. The normalized spacial score (nSPS) is 13.7. The van der Waals surface area contributed by atoms with E-state index < -0.39 is 12.1 Å². The summed E-state index contributed by atoms with van der Waals surface area (Å²) in [6.07, 6.45) is -0.836. The van der Waals surface area contributed by atoms with Gasteiger partial charge in [0, 0.05) is 11.5 Å². The zero-order valence-corrected chi connectivity index (χ0v) is 9.24. The van der Waals surface area contributed by atoms with E-state index in [9.17, 15) is 4.79 Å². The fourth-order valence-corrected chi connectivity index (χ4v) is 1.55. The molecule has 0 radical (unpaired) electrons. The first-order chi connectivity index (χ1) is 7.15. The molecule has 15 heavy (non-hydrogen) atoms. The highest BCUT2D eigenvalue weighted by Gasteiger charge is 2.14. The van der Waals surface area contributed by atoms with Crippen molar-refractivity contribution in [2.45, 2.75) is 13.0 Å². The number of rotatable bonds is 7. The van der Waals surface area contributed by atoms with Crippen molar-refractivity contribution in [1.29, 1.82) is 0 Å². The Morgan fingerprint density at radius 1 is 1.60 bits per heavy atom. The standard InChI is InChI=1S/C8H15NO5S/c1-2-14-8(12)7(9-13)5-15-4-6(11)3-10/h6,10-11,13H,2-5H2,1H3/b9-7-. The first kappa shape index (κ1) is 14.2. The van der Waals surface area contributed by atoms with Crippen LogP contribution in [0.2, 0.25) is 0 Å². The molecule has 0 aromatic carbocycles. The first-order valence-electron chi connectivity index (χ1n) is 4.40. The van der Waals surface area contributed by atoms with Crippen molar-refractivity contribution >= 4 is 23.4 Å². The molecule has 0 saturated heterocycles. The molecule has 88 valence electrons. The Morgan fingerprint density at radius 3 is 2.73 bits per heavy atom. The summed E-state index contributed by atoms with van der Waals surface area (Å²) >= 11 is 1.17. The van der Waals surface area contributed by atoms with E-state index in [-0.39, 0.29) is 30.4 Å². The molecule has 0 heterocycles. The number of hydrogen-bond donors (Lipinski definition) is 3. The molecule has 0 fully saturated rings. The van der Waals surface area contributed by atoms with Gasteiger partial charge in [-0.25, -0.2) is 4.79 Å². The molecule has 1 unspecified atom stereocenters. The van der Waals surface area contributed by atoms with Gasteiger partial charge in [-0.3, -0.25) is 0 Å². The molecule has 0 amide bonds. The fourth-order valence-electron chi connectivity index (χ4n) is 0.687. The van der Waals surface area contributed by atoms with Gasteiger partial charge in [0.15, 0.2) is 5.71 Å². The predicted octanol–water partition coefficient (Wildman–Crippen LogP) is -0.534. The monoisotopic (exact) mass is 237 g/mol. The Balaban J connectivity index is 3.87. The smallest absolute Gasteiger partial charge is 0.356 e. The highest BCUT2D eigenvalue weighted by molar-refractivity contribution is 8.00. The Labute approximate surface area is 91.9 Å². The van der Waals surface area contributed by atoms with Crippen molar-refractivity contribution in [3.8, 4) is 0 Å². The number of hydrogen-bond acceptors (Lipinski definition) is 7. The molecule has 0 rings (SSSR count). The molecule has 0 aliphatic rings. The van der Waals surface area contributed by atoms with Crippen molar-refractivity contribution in [3.63, 3.8) is 0 Å². The number of oxime groups is 1. The summed E-state index contributed by atoms with van der Waals surface area (Å²) in [5.74, 6) is -0.285. The summed E-state index contributed by atoms with van der Waals surface area (Å²) < 4.78 is 4.62. The van der Waals surface area contributed by atoms with Crippen molar-refractivity contribution in [1.82, 2.24) is 0 Å². The quantitative estimate of drug-likeness (QED) is 0.238. The van der Waals surface area contributed by atoms with Crippen LogP contribution in [-0.2, 0) is 9.53 Å². The van der Waals surface area contributed by atoms with Crippen molar-refractivity contribution < 1.29 is 25.0 Å². The number of thioether (sulfide) groups is 1. The Hall–Kier alpha value is -0.790. The third-order valence-corrected chi connectivity index (χ3v) is 2.49. The molecular weight excluding hydrogens is 222 g/mol. The molecule has 0 spiro atoms. The lowest BCUT2D eigenvalue weighted by molar-refractivity contribution is -0.135. The van der Waals surface area contributed by atoms with Crippen LogP contribution in [0, 0.1) is 0 Å². The van der Waals surface area contributed by atoms with Crippen LogP contribution in [0.1, 0.15) is 6.92 Å². The van der Waals surface area contributed by atoms with Gasteiger partial charge in [0.05, 0.1) is 19.3 Å². The highest BCUT2D eigenvalue weighted by Crippen LogP contribution is 2.04. The molecule has 0 aliphatic carbocycles. The topological polar surface area (TPSA) is 99.4 Å². The van der Waals surface area contributed by atoms with Gasteiger partial charge in [-0.1, -0.05) is 5.16 Å². The lowest BCUT2D eigenvalue weighted by Crippen LogP contribution is -2.22. The number of nitrogens with zero attached hydrogens (tertiary/aromatic N) is 1. The number of esters is 1. The maximum atomic E-state index is 11.1. The summed E-state index contributed by atoms with van der Waals surface area (Å²) in [4.78, 5) is 11.1. The summed E-state index contributed by atoms with van der Waals surface area (Å²) in [7, 11) is 0. The average Bonchev–Trinajstić information content (AvgIpc) is 2.24. The Morgan fingerprint density at radius 2 is 2.27 bits per heavy atom. The van der Waals surface area contributed by atoms with E-state index in [2.05, 4.69) is 9.89 Å². The number of carbonyl (C=O) groups excluding carboxylic acids is 1. The Bertz CT molecular complexity index is 221. The minimum atomic E-state index is -0.836. The maximum Gasteiger partial charge on any atom is 0.356 e.